The van der Waals surface area contributed by atoms with E-state index in [0.717, 1.165) is 103 Å². The summed E-state index contributed by atoms with van der Waals surface area (Å²) in [5.41, 5.74) is 1.88. The van der Waals surface area contributed by atoms with Gasteiger partial charge < -0.3 is 0 Å². The predicted octanol–water partition coefficient (Wildman–Crippen LogP) is 12.4. The van der Waals surface area contributed by atoms with Crippen molar-refractivity contribution in [3.63, 3.8) is 0 Å². The summed E-state index contributed by atoms with van der Waals surface area (Å²) < 4.78 is 0. The zero-order valence-electron chi connectivity index (χ0n) is 31.6. The molecule has 0 N–H and O–H groups in total. The van der Waals surface area contributed by atoms with E-state index in [9.17, 15) is 19.2 Å². The van der Waals surface area contributed by atoms with Crippen LogP contribution in [0.3, 0.4) is 0 Å². The van der Waals surface area contributed by atoms with Crippen LogP contribution in [0.2, 0.25) is 0 Å². The topological polar surface area (TPSA) is 68.3 Å². The predicted molar refractivity (Wildman–Crippen MR) is 252 cm³/mol. The van der Waals surface area contributed by atoms with Crippen LogP contribution in [0, 0.1) is 0 Å². The van der Waals surface area contributed by atoms with Gasteiger partial charge in [-0.3, -0.25) is 19.2 Å². The van der Waals surface area contributed by atoms with Crippen LogP contribution >= 0.6 is 0 Å². The van der Waals surface area contributed by atoms with Crippen molar-refractivity contribution in [2.45, 2.75) is 0 Å². The molecule has 0 unspecified atom stereocenters. The van der Waals surface area contributed by atoms with E-state index >= 15 is 0 Å². The van der Waals surface area contributed by atoms with Gasteiger partial charge in [-0.15, -0.1) is 0 Å². The highest BCUT2D eigenvalue weighted by Gasteiger charge is 2.22. The summed E-state index contributed by atoms with van der Waals surface area (Å²) in [6.45, 7) is 0. The first-order valence-corrected chi connectivity index (χ1v) is 20.1. The molecule has 0 amide bonds. The van der Waals surface area contributed by atoms with Gasteiger partial charge in [-0.1, -0.05) is 97.1 Å². The molecule has 4 heteroatoms. The second kappa shape index (κ2) is 10.9. The number of benzene rings is 10. The van der Waals surface area contributed by atoms with E-state index in [1.807, 2.05) is 109 Å². The lowest BCUT2D eigenvalue weighted by Crippen LogP contribution is -1.97. The van der Waals surface area contributed by atoms with Gasteiger partial charge in [0.15, 0.2) is 21.7 Å². The minimum atomic E-state index is -0.0237. The normalized spacial score (nSPS) is 12.6. The molecule has 14 aromatic carbocycles. The Morgan fingerprint density at radius 2 is 0.667 bits per heavy atom. The van der Waals surface area contributed by atoms with Crippen molar-refractivity contribution >= 4 is 129 Å². The highest BCUT2D eigenvalue weighted by atomic mass is 16.1. The number of hydrogen-bond donors (Lipinski definition) is 0. The highest BCUT2D eigenvalue weighted by Crippen LogP contribution is 2.43. The third kappa shape index (κ3) is 3.86. The van der Waals surface area contributed by atoms with Gasteiger partial charge in [0.25, 0.3) is 0 Å². The molecule has 14 aromatic rings. The Morgan fingerprint density at radius 1 is 0.217 bits per heavy atom. The summed E-state index contributed by atoms with van der Waals surface area (Å²) in [6, 6.07) is 52.2. The van der Waals surface area contributed by atoms with Crippen LogP contribution in [-0.4, -0.2) is 0 Å². The highest BCUT2D eigenvalue weighted by molar-refractivity contribution is 6.30. The van der Waals surface area contributed by atoms with E-state index in [2.05, 4.69) is 48.5 Å². The summed E-state index contributed by atoms with van der Waals surface area (Å²) >= 11 is 0. The van der Waals surface area contributed by atoms with Gasteiger partial charge >= 0.3 is 0 Å². The maximum atomic E-state index is 14.3. The van der Waals surface area contributed by atoms with Crippen molar-refractivity contribution in [2.24, 2.45) is 0 Å². The second-order valence-electron chi connectivity index (χ2n) is 16.5. The van der Waals surface area contributed by atoms with Gasteiger partial charge in [0.2, 0.25) is 0 Å². The first kappa shape index (κ1) is 31.9. The summed E-state index contributed by atoms with van der Waals surface area (Å²) in [4.78, 5) is 55.9. The molecule has 0 spiro atoms. The molecule has 0 aliphatic carbocycles. The Balaban J connectivity index is 1.09. The lowest BCUT2D eigenvalue weighted by molar-refractivity contribution is 1.74. The van der Waals surface area contributed by atoms with Gasteiger partial charge in [-0.05, 0) is 153 Å². The minimum absolute atomic E-state index is 0.00221. The SMILES string of the molecule is O=c1c2ccccc2c2cc3cc4c(ccc5c(=O)c6ccc(-c7cc8c9ccccc9c(=O)c8c8cc9c(ccc%10c%11ccccc%11c(=O)c9%10)cc78)cc6c54)cc3cc12. The number of fused-ring (bicyclic) bond motifs is 19. The lowest BCUT2D eigenvalue weighted by Gasteiger charge is -2.12. The van der Waals surface area contributed by atoms with Gasteiger partial charge in [0.05, 0.1) is 0 Å². The van der Waals surface area contributed by atoms with Gasteiger partial charge in [-0.2, -0.15) is 0 Å². The van der Waals surface area contributed by atoms with Crippen molar-refractivity contribution in [1.29, 1.82) is 0 Å². The molecule has 0 saturated carbocycles. The second-order valence-corrected chi connectivity index (χ2v) is 16.5. The summed E-state index contributed by atoms with van der Waals surface area (Å²) in [7, 11) is 0. The lowest BCUT2D eigenvalue weighted by atomic mass is 9.90. The van der Waals surface area contributed by atoms with Gasteiger partial charge in [0, 0.05) is 48.5 Å². The zero-order valence-corrected chi connectivity index (χ0v) is 31.6. The maximum absolute atomic E-state index is 14.3. The summed E-state index contributed by atoms with van der Waals surface area (Å²) in [5.74, 6) is 0. The molecule has 0 aliphatic rings. The Hall–Kier alpha value is -8.08. The summed E-state index contributed by atoms with van der Waals surface area (Å²) in [5, 5.41) is 20.1. The minimum Gasteiger partial charge on any atom is -0.289 e. The van der Waals surface area contributed by atoms with Crippen molar-refractivity contribution in [3.8, 4) is 11.1 Å². The molecule has 0 heterocycles. The molecule has 4 nitrogen and oxygen atoms in total. The molecule has 0 saturated heterocycles. The fourth-order valence-electron chi connectivity index (χ4n) is 10.8. The molecule has 14 rings (SSSR count). The number of rotatable bonds is 1. The van der Waals surface area contributed by atoms with Crippen LogP contribution in [0.25, 0.3) is 140 Å². The fourth-order valence-corrected chi connectivity index (χ4v) is 10.8. The van der Waals surface area contributed by atoms with E-state index in [1.54, 1.807) is 0 Å². The average Bonchev–Trinajstić information content (AvgIpc) is 3.95. The fraction of sp³-hybridized carbons (Fsp3) is 0. The van der Waals surface area contributed by atoms with Crippen LogP contribution in [0.4, 0.5) is 0 Å². The first-order chi connectivity index (χ1) is 29.4. The zero-order chi connectivity index (χ0) is 39.7. The van der Waals surface area contributed by atoms with Crippen LogP contribution in [0.5, 0.6) is 0 Å². The number of hydrogen-bond acceptors (Lipinski definition) is 4. The Bertz CT molecular complexity index is 4550. The van der Waals surface area contributed by atoms with Crippen molar-refractivity contribution in [1.82, 2.24) is 0 Å². The quantitative estimate of drug-likeness (QED) is 0.156. The Kier molecular flexibility index (Phi) is 5.80. The molecule has 0 aliphatic heterocycles. The molecule has 0 radical (unpaired) electrons. The maximum Gasteiger partial charge on any atom is 0.194 e. The van der Waals surface area contributed by atoms with E-state index in [0.29, 0.717) is 37.7 Å². The van der Waals surface area contributed by atoms with Crippen LogP contribution < -0.4 is 21.7 Å². The van der Waals surface area contributed by atoms with Crippen LogP contribution in [0.15, 0.2) is 177 Å². The van der Waals surface area contributed by atoms with Crippen molar-refractivity contribution in [2.75, 3.05) is 0 Å². The largest absolute Gasteiger partial charge is 0.289 e. The molecule has 0 bridgehead atoms. The van der Waals surface area contributed by atoms with Crippen molar-refractivity contribution < 1.29 is 0 Å². The van der Waals surface area contributed by atoms with Gasteiger partial charge in [0.1, 0.15) is 0 Å². The average molecular weight is 763 g/mol. The molecule has 0 atom stereocenters. The van der Waals surface area contributed by atoms with Crippen LogP contribution in [0.1, 0.15) is 0 Å². The Labute approximate surface area is 337 Å². The molecule has 0 fully saturated rings. The molecular weight excluding hydrogens is 737 g/mol. The summed E-state index contributed by atoms with van der Waals surface area (Å²) in [6.07, 6.45) is 0. The molecular formula is C56H26O4. The van der Waals surface area contributed by atoms with E-state index in [1.165, 1.54) is 0 Å². The smallest absolute Gasteiger partial charge is 0.194 e. The third-order valence-corrected chi connectivity index (χ3v) is 13.6. The van der Waals surface area contributed by atoms with Crippen molar-refractivity contribution in [3.05, 3.63) is 199 Å². The standard InChI is InChI=1S/C56H26O4/c57-53-39-17-14-28(21-46(39)50-40(53)18-15-27-19-30-24-49-44(23-31(30)22-42(27)50)33-8-2-4-10-36(33)54(49)58)41-25-47-34-9-3-6-12-38(34)56(60)52(47)48-26-43-29(20-45(41)48)13-16-35-32-7-1-5-11-37(32)55(59)51(35)43/h1-26H. The van der Waals surface area contributed by atoms with E-state index < -0.39 is 0 Å². The first-order valence-electron chi connectivity index (χ1n) is 20.1. The monoisotopic (exact) mass is 762 g/mol. The molecule has 0 aromatic heterocycles. The van der Waals surface area contributed by atoms with Gasteiger partial charge in [-0.25, -0.2) is 0 Å². The molecule has 274 valence electrons. The Morgan fingerprint density at radius 3 is 1.40 bits per heavy atom. The van der Waals surface area contributed by atoms with Crippen LogP contribution in [-0.2, 0) is 0 Å². The van der Waals surface area contributed by atoms with E-state index in [4.69, 9.17) is 0 Å². The molecule has 60 heavy (non-hydrogen) atoms. The third-order valence-electron chi connectivity index (χ3n) is 13.6. The van der Waals surface area contributed by atoms with E-state index in [-0.39, 0.29) is 21.7 Å².